The second-order valence-corrected chi connectivity index (χ2v) is 8.38. The van der Waals surface area contributed by atoms with E-state index < -0.39 is 0 Å². The van der Waals surface area contributed by atoms with E-state index in [2.05, 4.69) is 5.10 Å². The molecule has 0 N–H and O–H groups in total. The average molecular weight is 421 g/mol. The van der Waals surface area contributed by atoms with Crippen LogP contribution in [0, 0.1) is 0 Å². The van der Waals surface area contributed by atoms with Crippen molar-refractivity contribution in [2.75, 3.05) is 24.2 Å². The van der Waals surface area contributed by atoms with Crippen LogP contribution in [0.3, 0.4) is 0 Å². The summed E-state index contributed by atoms with van der Waals surface area (Å²) in [5.41, 5.74) is 2.87. The number of rotatable bonds is 6. The largest absolute Gasteiger partial charge is 0.341 e. The minimum absolute atomic E-state index is 0.00129. The minimum Gasteiger partial charge on any atom is -0.341 e. The van der Waals surface area contributed by atoms with Gasteiger partial charge >= 0.3 is 0 Å². The van der Waals surface area contributed by atoms with E-state index in [1.54, 1.807) is 34.6 Å². The molecule has 1 aromatic heterocycles. The molecule has 0 radical (unpaired) electrons. The zero-order chi connectivity index (χ0) is 20.9. The third-order valence-electron chi connectivity index (χ3n) is 5.08. The van der Waals surface area contributed by atoms with Gasteiger partial charge in [-0.1, -0.05) is 30.3 Å². The first-order valence-electron chi connectivity index (χ1n) is 9.97. The van der Waals surface area contributed by atoms with Gasteiger partial charge in [-0.3, -0.25) is 9.59 Å². The number of para-hydroxylation sites is 2. The molecule has 0 atom stereocenters. The summed E-state index contributed by atoms with van der Waals surface area (Å²) < 4.78 is 1.79. The number of nitrogens with zero attached hydrogens (tertiary/aromatic N) is 4. The zero-order valence-electron chi connectivity index (χ0n) is 16.9. The predicted octanol–water partition coefficient (Wildman–Crippen LogP) is 3.75. The Morgan fingerprint density at radius 1 is 1.07 bits per heavy atom. The average Bonchev–Trinajstić information content (AvgIpc) is 3.26. The normalized spacial score (nSPS) is 13.0. The van der Waals surface area contributed by atoms with E-state index in [1.165, 1.54) is 0 Å². The second-order valence-electron chi connectivity index (χ2n) is 7.24. The van der Waals surface area contributed by atoms with Gasteiger partial charge in [0.05, 0.1) is 17.6 Å². The molecule has 0 bridgehead atoms. The van der Waals surface area contributed by atoms with Crippen molar-refractivity contribution in [2.45, 2.75) is 24.3 Å². The highest BCUT2D eigenvalue weighted by Crippen LogP contribution is 2.34. The fourth-order valence-electron chi connectivity index (χ4n) is 3.49. The van der Waals surface area contributed by atoms with Crippen molar-refractivity contribution >= 4 is 29.3 Å². The number of carbonyl (C=O) groups is 2. The van der Waals surface area contributed by atoms with Gasteiger partial charge in [0.25, 0.3) is 0 Å². The lowest BCUT2D eigenvalue weighted by atomic mass is 10.2. The van der Waals surface area contributed by atoms with Crippen molar-refractivity contribution in [1.29, 1.82) is 0 Å². The maximum atomic E-state index is 12.7. The van der Waals surface area contributed by atoms with E-state index in [1.807, 2.05) is 65.7 Å². The van der Waals surface area contributed by atoms with E-state index in [4.69, 9.17) is 0 Å². The molecule has 1 aliphatic heterocycles. The van der Waals surface area contributed by atoms with Crippen molar-refractivity contribution in [3.63, 3.8) is 0 Å². The van der Waals surface area contributed by atoms with Crippen molar-refractivity contribution in [3.8, 4) is 5.69 Å². The van der Waals surface area contributed by atoms with E-state index in [9.17, 15) is 9.59 Å². The van der Waals surface area contributed by atoms with E-state index >= 15 is 0 Å². The molecule has 0 saturated heterocycles. The lowest BCUT2D eigenvalue weighted by Crippen LogP contribution is -2.36. The van der Waals surface area contributed by atoms with Crippen LogP contribution in [-0.4, -0.2) is 45.8 Å². The summed E-state index contributed by atoms with van der Waals surface area (Å²) in [5, 5.41) is 4.37. The molecule has 6 nitrogen and oxygen atoms in total. The van der Waals surface area contributed by atoms with Gasteiger partial charge in [-0.2, -0.15) is 5.10 Å². The van der Waals surface area contributed by atoms with Gasteiger partial charge in [0.15, 0.2) is 0 Å². The highest BCUT2D eigenvalue weighted by Gasteiger charge is 2.23. The summed E-state index contributed by atoms with van der Waals surface area (Å²) >= 11 is 1.76. The third-order valence-corrected chi connectivity index (χ3v) is 6.13. The smallest absolute Gasteiger partial charge is 0.227 e. The van der Waals surface area contributed by atoms with Crippen LogP contribution in [-0.2, 0) is 16.1 Å². The zero-order valence-corrected chi connectivity index (χ0v) is 17.7. The number of aromatic nitrogens is 2. The maximum Gasteiger partial charge on any atom is 0.227 e. The van der Waals surface area contributed by atoms with Crippen LogP contribution in [0.15, 0.2) is 71.9 Å². The lowest BCUT2D eigenvalue weighted by Gasteiger charge is -2.29. The second kappa shape index (κ2) is 9.17. The number of amides is 2. The van der Waals surface area contributed by atoms with Crippen molar-refractivity contribution in [1.82, 2.24) is 14.7 Å². The molecule has 30 heavy (non-hydrogen) atoms. The summed E-state index contributed by atoms with van der Waals surface area (Å²) in [5.74, 6) is 0.832. The van der Waals surface area contributed by atoms with Crippen LogP contribution >= 0.6 is 11.8 Å². The molecule has 0 spiro atoms. The lowest BCUT2D eigenvalue weighted by molar-refractivity contribution is -0.132. The predicted molar refractivity (Wildman–Crippen MR) is 119 cm³/mol. The SMILES string of the molecule is CN(Cc1cnn(-c2ccccc2)c1)C(=O)CCC(=O)N1CCSc2ccccc21. The quantitative estimate of drug-likeness (QED) is 0.609. The Hall–Kier alpha value is -3.06. The fourth-order valence-corrected chi connectivity index (χ4v) is 4.49. The Labute approximate surface area is 180 Å². The molecule has 0 unspecified atom stereocenters. The van der Waals surface area contributed by atoms with Crippen molar-refractivity contribution in [2.24, 2.45) is 0 Å². The standard InChI is InChI=1S/C23H24N4O2S/c1-25(16-18-15-24-27(17-18)19-7-3-2-4-8-19)22(28)11-12-23(29)26-13-14-30-21-10-6-5-9-20(21)26/h2-10,15,17H,11-14,16H2,1H3. The molecule has 7 heteroatoms. The van der Waals surface area contributed by atoms with Gasteiger partial charge in [0.1, 0.15) is 0 Å². The fraction of sp³-hybridized carbons (Fsp3) is 0.261. The number of thioether (sulfide) groups is 1. The van der Waals surface area contributed by atoms with Gasteiger partial charge < -0.3 is 9.80 Å². The summed E-state index contributed by atoms with van der Waals surface area (Å²) in [6, 6.07) is 17.8. The van der Waals surface area contributed by atoms with Crippen LogP contribution in [0.25, 0.3) is 5.69 Å². The molecule has 2 aromatic carbocycles. The van der Waals surface area contributed by atoms with Gasteiger partial charge in [-0.25, -0.2) is 4.68 Å². The summed E-state index contributed by atoms with van der Waals surface area (Å²) in [4.78, 5) is 29.9. The Morgan fingerprint density at radius 2 is 1.83 bits per heavy atom. The molecule has 154 valence electrons. The molecular formula is C23H24N4O2S. The molecule has 2 amide bonds. The van der Waals surface area contributed by atoms with Crippen LogP contribution < -0.4 is 4.90 Å². The van der Waals surface area contributed by atoms with Crippen LogP contribution in [0.4, 0.5) is 5.69 Å². The van der Waals surface area contributed by atoms with Crippen molar-refractivity contribution in [3.05, 3.63) is 72.6 Å². The van der Waals surface area contributed by atoms with Crippen LogP contribution in [0.1, 0.15) is 18.4 Å². The highest BCUT2D eigenvalue weighted by molar-refractivity contribution is 7.99. The monoisotopic (exact) mass is 420 g/mol. The number of carbonyl (C=O) groups excluding carboxylic acids is 2. The topological polar surface area (TPSA) is 58.4 Å². The number of fused-ring (bicyclic) bond motifs is 1. The van der Waals surface area contributed by atoms with Gasteiger partial charge in [-0.05, 0) is 24.3 Å². The van der Waals surface area contributed by atoms with Gasteiger partial charge in [0.2, 0.25) is 11.8 Å². The molecular weight excluding hydrogens is 396 g/mol. The Kier molecular flexibility index (Phi) is 6.18. The summed E-state index contributed by atoms with van der Waals surface area (Å²) in [6.07, 6.45) is 4.11. The number of anilines is 1. The van der Waals surface area contributed by atoms with Gasteiger partial charge in [0, 0.05) is 55.4 Å². The molecule has 0 fully saturated rings. The molecule has 0 saturated carbocycles. The highest BCUT2D eigenvalue weighted by atomic mass is 32.2. The van der Waals surface area contributed by atoms with Gasteiger partial charge in [-0.15, -0.1) is 11.8 Å². The Bertz CT molecular complexity index is 1030. The first-order valence-corrected chi connectivity index (χ1v) is 11.0. The van der Waals surface area contributed by atoms with Crippen LogP contribution in [0.5, 0.6) is 0 Å². The maximum absolute atomic E-state index is 12.7. The van der Waals surface area contributed by atoms with E-state index in [0.717, 1.165) is 27.6 Å². The minimum atomic E-state index is -0.0459. The first kappa shape index (κ1) is 20.2. The number of benzene rings is 2. The van der Waals surface area contributed by atoms with E-state index in [-0.39, 0.29) is 24.7 Å². The first-order chi connectivity index (χ1) is 14.6. The Morgan fingerprint density at radius 3 is 2.67 bits per heavy atom. The molecule has 3 aromatic rings. The van der Waals surface area contributed by atoms with Crippen molar-refractivity contribution < 1.29 is 9.59 Å². The molecule has 4 rings (SSSR count). The summed E-state index contributed by atoms with van der Waals surface area (Å²) in [6.45, 7) is 1.15. The van der Waals surface area contributed by atoms with E-state index in [0.29, 0.717) is 13.1 Å². The third kappa shape index (κ3) is 4.57. The molecule has 1 aliphatic rings. The Balaban J connectivity index is 1.31. The van der Waals surface area contributed by atoms with Crippen LogP contribution in [0.2, 0.25) is 0 Å². The molecule has 0 aliphatic carbocycles. The number of hydrogen-bond acceptors (Lipinski definition) is 4. The number of hydrogen-bond donors (Lipinski definition) is 0. The summed E-state index contributed by atoms with van der Waals surface area (Å²) in [7, 11) is 1.76. The molecule has 2 heterocycles.